The summed E-state index contributed by atoms with van der Waals surface area (Å²) in [6.07, 6.45) is 0. The second-order valence-electron chi connectivity index (χ2n) is 3.45. The zero-order chi connectivity index (χ0) is 11.5. The molecule has 0 bridgehead atoms. The number of nitrogens with zero attached hydrogens (tertiary/aromatic N) is 2. The van der Waals surface area contributed by atoms with Gasteiger partial charge in [-0.1, -0.05) is 17.3 Å². The minimum absolute atomic E-state index is 0.224. The van der Waals surface area contributed by atoms with Gasteiger partial charge in [-0.25, -0.2) is 0 Å². The predicted octanol–water partition coefficient (Wildman–Crippen LogP) is 1.58. The van der Waals surface area contributed by atoms with Crippen molar-refractivity contribution in [3.8, 4) is 11.4 Å². The van der Waals surface area contributed by atoms with E-state index in [0.29, 0.717) is 5.82 Å². The van der Waals surface area contributed by atoms with Crippen molar-refractivity contribution in [2.24, 2.45) is 0 Å². The van der Waals surface area contributed by atoms with Gasteiger partial charge in [0.2, 0.25) is 5.82 Å². The predicted molar refractivity (Wildman–Crippen MR) is 59.9 cm³/mol. The van der Waals surface area contributed by atoms with Gasteiger partial charge in [-0.05, 0) is 18.6 Å². The molecule has 0 spiro atoms. The molecule has 84 valence electrons. The molecule has 0 fully saturated rings. The lowest BCUT2D eigenvalue weighted by Gasteiger charge is -2.05. The molecule has 0 radical (unpaired) electrons. The van der Waals surface area contributed by atoms with E-state index < -0.39 is 0 Å². The number of aliphatic hydroxyl groups is 1. The van der Waals surface area contributed by atoms with Crippen molar-refractivity contribution >= 4 is 5.69 Å². The molecular weight excluding hydrogens is 206 g/mol. The Morgan fingerprint density at radius 2 is 2.25 bits per heavy atom. The molecule has 0 aliphatic rings. The fraction of sp³-hybridized carbons (Fsp3) is 0.273. The Labute approximate surface area is 93.1 Å². The zero-order valence-electron chi connectivity index (χ0n) is 9.19. The van der Waals surface area contributed by atoms with Crippen LogP contribution in [-0.2, 0) is 6.61 Å². The van der Waals surface area contributed by atoms with Gasteiger partial charge in [-0.2, -0.15) is 4.98 Å². The van der Waals surface area contributed by atoms with E-state index in [0.717, 1.165) is 16.8 Å². The molecule has 0 aliphatic heterocycles. The van der Waals surface area contributed by atoms with Gasteiger partial charge in [-0.15, -0.1) is 0 Å². The smallest absolute Gasteiger partial charge is 0.252 e. The molecule has 0 saturated heterocycles. The van der Waals surface area contributed by atoms with E-state index in [1.807, 2.05) is 32.2 Å². The quantitative estimate of drug-likeness (QED) is 0.820. The Balaban J connectivity index is 2.40. The Bertz CT molecular complexity index is 494. The van der Waals surface area contributed by atoms with Crippen molar-refractivity contribution in [1.29, 1.82) is 0 Å². The Morgan fingerprint density at radius 3 is 2.88 bits per heavy atom. The van der Waals surface area contributed by atoms with Gasteiger partial charge in [0.15, 0.2) is 0 Å². The molecule has 2 aromatic rings. The average Bonchev–Trinajstić information content (AvgIpc) is 2.78. The normalized spacial score (nSPS) is 10.4. The number of hydrogen-bond acceptors (Lipinski definition) is 5. The lowest BCUT2D eigenvalue weighted by atomic mass is 10.1. The molecule has 2 N–H and O–H groups in total. The fourth-order valence-electron chi connectivity index (χ4n) is 1.47. The van der Waals surface area contributed by atoms with Crippen LogP contribution in [0.15, 0.2) is 22.7 Å². The highest BCUT2D eigenvalue weighted by molar-refractivity contribution is 5.64. The number of anilines is 1. The first kappa shape index (κ1) is 10.6. The summed E-state index contributed by atoms with van der Waals surface area (Å²) in [6.45, 7) is 1.78. The highest BCUT2D eigenvalue weighted by Gasteiger charge is 2.08. The van der Waals surface area contributed by atoms with E-state index in [4.69, 9.17) is 9.63 Å². The van der Waals surface area contributed by atoms with Crippen molar-refractivity contribution in [3.63, 3.8) is 0 Å². The molecule has 0 amide bonds. The standard InChI is InChI=1S/C11H13N3O2/c1-7-3-4-8(5-9(7)12-2)11-13-10(6-15)16-14-11/h3-5,12,15H,6H2,1-2H3. The Kier molecular flexibility index (Phi) is 2.87. The number of rotatable bonds is 3. The maximum atomic E-state index is 8.83. The third-order valence-electron chi connectivity index (χ3n) is 2.37. The van der Waals surface area contributed by atoms with Gasteiger partial charge in [0.1, 0.15) is 6.61 Å². The maximum Gasteiger partial charge on any atom is 0.252 e. The van der Waals surface area contributed by atoms with E-state index in [1.54, 1.807) is 0 Å². The monoisotopic (exact) mass is 219 g/mol. The van der Waals surface area contributed by atoms with Crippen LogP contribution in [-0.4, -0.2) is 22.3 Å². The van der Waals surface area contributed by atoms with Gasteiger partial charge in [0.25, 0.3) is 5.89 Å². The van der Waals surface area contributed by atoms with E-state index >= 15 is 0 Å². The molecule has 1 heterocycles. The number of hydrogen-bond donors (Lipinski definition) is 2. The Morgan fingerprint density at radius 1 is 1.44 bits per heavy atom. The third kappa shape index (κ3) is 1.90. The molecule has 5 nitrogen and oxygen atoms in total. The summed E-state index contributed by atoms with van der Waals surface area (Å²) in [5.41, 5.74) is 3.03. The van der Waals surface area contributed by atoms with Crippen molar-refractivity contribution < 1.29 is 9.63 Å². The summed E-state index contributed by atoms with van der Waals surface area (Å²) in [7, 11) is 1.86. The lowest BCUT2D eigenvalue weighted by Crippen LogP contribution is -1.92. The van der Waals surface area contributed by atoms with Crippen molar-refractivity contribution in [2.45, 2.75) is 13.5 Å². The van der Waals surface area contributed by atoms with E-state index in [9.17, 15) is 0 Å². The highest BCUT2D eigenvalue weighted by Crippen LogP contribution is 2.22. The summed E-state index contributed by atoms with van der Waals surface area (Å²) in [4.78, 5) is 4.05. The van der Waals surface area contributed by atoms with Gasteiger partial charge in [0, 0.05) is 18.3 Å². The molecule has 5 heteroatoms. The Hall–Kier alpha value is -1.88. The largest absolute Gasteiger partial charge is 0.388 e. The molecule has 0 aliphatic carbocycles. The second kappa shape index (κ2) is 4.32. The van der Waals surface area contributed by atoms with Gasteiger partial charge < -0.3 is 14.9 Å². The molecule has 0 saturated carbocycles. The van der Waals surface area contributed by atoms with Gasteiger partial charge in [-0.3, -0.25) is 0 Å². The highest BCUT2D eigenvalue weighted by atomic mass is 16.5. The molecule has 1 aromatic heterocycles. The maximum absolute atomic E-state index is 8.83. The lowest BCUT2D eigenvalue weighted by molar-refractivity contribution is 0.222. The van der Waals surface area contributed by atoms with E-state index in [1.165, 1.54) is 0 Å². The van der Waals surface area contributed by atoms with Crippen LogP contribution in [0.1, 0.15) is 11.5 Å². The molecular formula is C11H13N3O2. The van der Waals surface area contributed by atoms with Crippen LogP contribution in [0.5, 0.6) is 0 Å². The summed E-state index contributed by atoms with van der Waals surface area (Å²) < 4.78 is 4.84. The topological polar surface area (TPSA) is 71.2 Å². The molecule has 1 aromatic carbocycles. The summed E-state index contributed by atoms with van der Waals surface area (Å²) >= 11 is 0. The van der Waals surface area contributed by atoms with Crippen LogP contribution in [0, 0.1) is 6.92 Å². The minimum atomic E-state index is -0.238. The van der Waals surface area contributed by atoms with Crippen molar-refractivity contribution in [2.75, 3.05) is 12.4 Å². The van der Waals surface area contributed by atoms with E-state index in [-0.39, 0.29) is 12.5 Å². The first-order valence-electron chi connectivity index (χ1n) is 4.97. The van der Waals surface area contributed by atoms with Crippen LogP contribution >= 0.6 is 0 Å². The molecule has 0 atom stereocenters. The SMILES string of the molecule is CNc1cc(-c2noc(CO)n2)ccc1C. The number of aromatic nitrogens is 2. The van der Waals surface area contributed by atoms with Crippen LogP contribution in [0.25, 0.3) is 11.4 Å². The fourth-order valence-corrected chi connectivity index (χ4v) is 1.47. The van der Waals surface area contributed by atoms with Crippen LogP contribution < -0.4 is 5.32 Å². The average molecular weight is 219 g/mol. The van der Waals surface area contributed by atoms with Gasteiger partial charge in [0.05, 0.1) is 0 Å². The summed E-state index contributed by atoms with van der Waals surface area (Å²) in [5.74, 6) is 0.710. The van der Waals surface area contributed by atoms with E-state index in [2.05, 4.69) is 15.5 Å². The van der Waals surface area contributed by atoms with Crippen LogP contribution in [0.4, 0.5) is 5.69 Å². The zero-order valence-corrected chi connectivity index (χ0v) is 9.19. The minimum Gasteiger partial charge on any atom is -0.388 e. The summed E-state index contributed by atoms with van der Waals surface area (Å²) in [6, 6.07) is 5.85. The van der Waals surface area contributed by atoms with Gasteiger partial charge >= 0.3 is 0 Å². The molecule has 16 heavy (non-hydrogen) atoms. The van der Waals surface area contributed by atoms with Crippen LogP contribution in [0.2, 0.25) is 0 Å². The first-order chi connectivity index (χ1) is 7.74. The first-order valence-corrected chi connectivity index (χ1v) is 4.97. The second-order valence-corrected chi connectivity index (χ2v) is 3.45. The number of aliphatic hydroxyl groups excluding tert-OH is 1. The number of nitrogens with one attached hydrogen (secondary N) is 1. The molecule has 0 unspecified atom stereocenters. The molecule has 2 rings (SSSR count). The van der Waals surface area contributed by atoms with Crippen molar-refractivity contribution in [1.82, 2.24) is 10.1 Å². The third-order valence-corrected chi connectivity index (χ3v) is 2.37. The summed E-state index contributed by atoms with van der Waals surface area (Å²) in [5, 5.41) is 15.7. The van der Waals surface area contributed by atoms with Crippen LogP contribution in [0.3, 0.4) is 0 Å². The van der Waals surface area contributed by atoms with Crippen molar-refractivity contribution in [3.05, 3.63) is 29.7 Å². The number of aryl methyl sites for hydroxylation is 1. The number of benzene rings is 1.